The SMILES string of the molecule is COC(=O)[C@H](CCCCNC(=O)CCCCCCC(=O)CCCCCCC(=O)NCc1cccc(COc2cc(OC)c(C(=O)N[C@H]3[C@@H](OC)O[C@H](CO)[C@@H](O)[C@@H]3O)cc2Cl)c1)NC(=O)OC(C)(C)C. The first-order valence-corrected chi connectivity index (χ1v) is 24.4. The third-order valence-corrected chi connectivity index (χ3v) is 11.7. The minimum atomic E-state index is -1.50. The van der Waals surface area contributed by atoms with E-state index in [4.69, 9.17) is 40.0 Å². The van der Waals surface area contributed by atoms with E-state index in [0.29, 0.717) is 64.5 Å². The van der Waals surface area contributed by atoms with Crippen LogP contribution in [0.2, 0.25) is 5.02 Å². The molecule has 0 unspecified atom stereocenters. The van der Waals surface area contributed by atoms with E-state index in [1.165, 1.54) is 33.5 Å². The van der Waals surface area contributed by atoms with Gasteiger partial charge in [-0.2, -0.15) is 0 Å². The normalized spacial score (nSPS) is 18.2. The number of hydrogen-bond donors (Lipinski definition) is 7. The van der Waals surface area contributed by atoms with Gasteiger partial charge in [-0.05, 0) is 82.9 Å². The molecule has 1 heterocycles. The predicted molar refractivity (Wildman–Crippen MR) is 259 cm³/mol. The average Bonchev–Trinajstić information content (AvgIpc) is 3.32. The molecule has 392 valence electrons. The van der Waals surface area contributed by atoms with E-state index in [1.54, 1.807) is 20.8 Å². The average molecular weight is 1010 g/mol. The highest BCUT2D eigenvalue weighted by atomic mass is 35.5. The van der Waals surface area contributed by atoms with Gasteiger partial charge < -0.3 is 65.0 Å². The molecule has 1 fully saturated rings. The largest absolute Gasteiger partial charge is 0.496 e. The van der Waals surface area contributed by atoms with Crippen molar-refractivity contribution < 1.29 is 72.5 Å². The number of ether oxygens (including phenoxy) is 6. The number of carbonyl (C=O) groups excluding carboxylic acids is 6. The van der Waals surface area contributed by atoms with Gasteiger partial charge in [0.1, 0.15) is 59.9 Å². The van der Waals surface area contributed by atoms with Crippen LogP contribution in [0, 0.1) is 0 Å². The van der Waals surface area contributed by atoms with E-state index in [1.807, 2.05) is 24.3 Å². The molecule has 0 aromatic heterocycles. The van der Waals surface area contributed by atoms with Crippen molar-refractivity contribution in [3.8, 4) is 11.5 Å². The number of aliphatic hydroxyl groups excluding tert-OH is 3. The third-order valence-electron chi connectivity index (χ3n) is 11.4. The number of alkyl carbamates (subject to hydrolysis) is 1. The highest BCUT2D eigenvalue weighted by Crippen LogP contribution is 2.34. The zero-order valence-corrected chi connectivity index (χ0v) is 42.2. The number of rotatable bonds is 31. The fourth-order valence-electron chi connectivity index (χ4n) is 7.62. The molecule has 1 saturated heterocycles. The molecule has 2 aromatic carbocycles. The number of nitrogens with one attached hydrogen (secondary N) is 4. The molecule has 4 amide bonds. The highest BCUT2D eigenvalue weighted by molar-refractivity contribution is 6.32. The lowest BCUT2D eigenvalue weighted by atomic mass is 9.96. The first-order valence-electron chi connectivity index (χ1n) is 24.1. The number of carbonyl (C=O) groups is 6. The van der Waals surface area contributed by atoms with Crippen molar-refractivity contribution in [2.75, 3.05) is 34.5 Å². The van der Waals surface area contributed by atoms with Crippen molar-refractivity contribution in [3.63, 3.8) is 0 Å². The number of esters is 1. The molecular weight excluding hydrogens is 932 g/mol. The van der Waals surface area contributed by atoms with Crippen LogP contribution in [0.3, 0.4) is 0 Å². The van der Waals surface area contributed by atoms with Crippen LogP contribution in [0.1, 0.15) is 139 Å². The molecule has 2 aromatic rings. The summed E-state index contributed by atoms with van der Waals surface area (Å²) >= 11 is 6.52. The smallest absolute Gasteiger partial charge is 0.408 e. The Bertz CT molecular complexity index is 1980. The summed E-state index contributed by atoms with van der Waals surface area (Å²) in [5.41, 5.74) is 1.01. The minimum absolute atomic E-state index is 0.0278. The Morgan fingerprint density at radius 2 is 1.40 bits per heavy atom. The topological polar surface area (TPSA) is 267 Å². The summed E-state index contributed by atoms with van der Waals surface area (Å²) in [4.78, 5) is 74.7. The summed E-state index contributed by atoms with van der Waals surface area (Å²) in [6, 6.07) is 8.32. The molecule has 6 atom stereocenters. The molecule has 20 heteroatoms. The van der Waals surface area contributed by atoms with Gasteiger partial charge in [0.2, 0.25) is 11.8 Å². The van der Waals surface area contributed by atoms with Crippen molar-refractivity contribution >= 4 is 47.2 Å². The lowest BCUT2D eigenvalue weighted by Crippen LogP contribution is -2.64. The molecule has 0 aliphatic carbocycles. The number of methoxy groups -OCH3 is 3. The number of unbranched alkanes of at least 4 members (excludes halogenated alkanes) is 7. The summed E-state index contributed by atoms with van der Waals surface area (Å²) in [7, 11) is 3.93. The van der Waals surface area contributed by atoms with Gasteiger partial charge in [-0.3, -0.25) is 19.2 Å². The summed E-state index contributed by atoms with van der Waals surface area (Å²) in [5, 5.41) is 41.5. The first-order chi connectivity index (χ1) is 33.4. The van der Waals surface area contributed by atoms with E-state index < -0.39 is 66.9 Å². The number of halogens is 1. The van der Waals surface area contributed by atoms with Crippen LogP contribution in [-0.2, 0) is 51.3 Å². The zero-order chi connectivity index (χ0) is 51.6. The van der Waals surface area contributed by atoms with E-state index in [2.05, 4.69) is 21.3 Å². The van der Waals surface area contributed by atoms with Crippen LogP contribution in [0.15, 0.2) is 36.4 Å². The molecule has 7 N–H and O–H groups in total. The van der Waals surface area contributed by atoms with Gasteiger partial charge in [-0.1, -0.05) is 61.5 Å². The maximum Gasteiger partial charge on any atom is 0.408 e. The fraction of sp³-hybridized carbons (Fsp3) is 0.640. The Labute approximate surface area is 416 Å². The van der Waals surface area contributed by atoms with Crippen LogP contribution < -0.4 is 30.7 Å². The van der Waals surface area contributed by atoms with E-state index in [-0.39, 0.29) is 46.3 Å². The molecule has 3 rings (SSSR count). The Hall–Kier alpha value is -5.05. The number of benzene rings is 2. The number of aliphatic hydroxyl groups is 3. The standard InChI is InChI=1S/C50H75ClN4O15/c1-50(2,3)70-49(64)54-37(47(63)66-5)22-15-16-25-52-41(58)23-13-9-7-11-20-34(57)21-12-8-10-14-24-42(59)53-29-32-18-17-19-33(26-32)31-68-39-28-38(65-4)35(27-36(39)51)46(62)55-43-45(61)44(60)40(30-56)69-48(43)67-6/h17-19,26-28,37,40,43-45,48,56,60-61H,7-16,20-25,29-31H2,1-6H3,(H,52,58)(H,53,59)(H,54,64)(H,55,62)/t37-,40+,43+,44+,45+,48-/m0/s1. The van der Waals surface area contributed by atoms with Crippen LogP contribution >= 0.6 is 11.6 Å². The molecular formula is C50H75ClN4O15. The summed E-state index contributed by atoms with van der Waals surface area (Å²) in [6.45, 7) is 5.55. The van der Waals surface area contributed by atoms with E-state index in [9.17, 15) is 44.1 Å². The van der Waals surface area contributed by atoms with Gasteiger partial charge in [0.05, 0.1) is 31.4 Å². The third kappa shape index (κ3) is 21.5. The predicted octanol–water partition coefficient (Wildman–Crippen LogP) is 5.33. The quantitative estimate of drug-likeness (QED) is 0.0372. The van der Waals surface area contributed by atoms with E-state index >= 15 is 0 Å². The second-order valence-corrected chi connectivity index (χ2v) is 18.7. The molecule has 0 saturated carbocycles. The van der Waals surface area contributed by atoms with Crippen molar-refractivity contribution in [1.29, 1.82) is 0 Å². The fourth-order valence-corrected chi connectivity index (χ4v) is 7.83. The summed E-state index contributed by atoms with van der Waals surface area (Å²) < 4.78 is 32.1. The van der Waals surface area contributed by atoms with Gasteiger partial charge in [-0.25, -0.2) is 9.59 Å². The van der Waals surface area contributed by atoms with Gasteiger partial charge in [0.25, 0.3) is 5.91 Å². The van der Waals surface area contributed by atoms with Crippen molar-refractivity contribution in [2.45, 2.75) is 173 Å². The first kappa shape index (κ1) is 59.3. The van der Waals surface area contributed by atoms with Crippen LogP contribution in [0.5, 0.6) is 11.5 Å². The molecule has 1 aliphatic heterocycles. The number of Topliss-reactive ketones (excluding diaryl/α,β-unsaturated/α-hetero) is 1. The summed E-state index contributed by atoms with van der Waals surface area (Å²) in [6.07, 6.45) is 3.95. The molecule has 0 spiro atoms. The van der Waals surface area contributed by atoms with Crippen LogP contribution in [0.25, 0.3) is 0 Å². The van der Waals surface area contributed by atoms with Gasteiger partial charge in [-0.15, -0.1) is 0 Å². The molecule has 0 radical (unpaired) electrons. The van der Waals surface area contributed by atoms with Crippen LogP contribution in [-0.4, -0.2) is 128 Å². The maximum atomic E-state index is 13.3. The molecule has 0 bridgehead atoms. The van der Waals surface area contributed by atoms with Gasteiger partial charge in [0.15, 0.2) is 6.29 Å². The van der Waals surface area contributed by atoms with Crippen LogP contribution in [0.4, 0.5) is 4.79 Å². The summed E-state index contributed by atoms with van der Waals surface area (Å²) in [5.74, 6) is -0.745. The Morgan fingerprint density at radius 1 is 0.771 bits per heavy atom. The molecule has 19 nitrogen and oxygen atoms in total. The van der Waals surface area contributed by atoms with Crippen molar-refractivity contribution in [3.05, 3.63) is 58.1 Å². The molecule has 70 heavy (non-hydrogen) atoms. The monoisotopic (exact) mass is 1010 g/mol. The Balaban J connectivity index is 1.24. The second-order valence-electron chi connectivity index (χ2n) is 18.2. The minimum Gasteiger partial charge on any atom is -0.496 e. The Morgan fingerprint density at radius 3 is 2.00 bits per heavy atom. The Kier molecular flexibility index (Phi) is 26.5. The van der Waals surface area contributed by atoms with Gasteiger partial charge in [0, 0.05) is 51.9 Å². The lowest BCUT2D eigenvalue weighted by Gasteiger charge is -2.41. The lowest BCUT2D eigenvalue weighted by molar-refractivity contribution is -0.261. The highest BCUT2D eigenvalue weighted by Gasteiger charge is 2.45. The zero-order valence-electron chi connectivity index (χ0n) is 41.5. The van der Waals surface area contributed by atoms with Crippen molar-refractivity contribution in [1.82, 2.24) is 21.3 Å². The van der Waals surface area contributed by atoms with Crippen molar-refractivity contribution in [2.24, 2.45) is 0 Å². The second kappa shape index (κ2) is 31.3. The van der Waals surface area contributed by atoms with E-state index in [0.717, 1.165) is 56.1 Å². The number of amides is 4. The molecule has 1 aliphatic rings. The maximum absolute atomic E-state index is 13.3. The number of ketones is 1. The number of hydrogen-bond acceptors (Lipinski definition) is 15. The van der Waals surface area contributed by atoms with Gasteiger partial charge >= 0.3 is 12.1 Å².